The highest BCUT2D eigenvalue weighted by Gasteiger charge is 2.10. The molecule has 0 N–H and O–H groups in total. The van der Waals surface area contributed by atoms with Crippen LogP contribution in [0, 0.1) is 0 Å². The Labute approximate surface area is 141 Å². The van der Waals surface area contributed by atoms with Crippen LogP contribution in [0.4, 0.5) is 0 Å². The highest BCUT2D eigenvalue weighted by molar-refractivity contribution is 5.83. The molecule has 2 rings (SSSR count). The summed E-state index contributed by atoms with van der Waals surface area (Å²) in [6.07, 6.45) is 11.1. The van der Waals surface area contributed by atoms with Gasteiger partial charge >= 0.3 is 0 Å². The maximum Gasteiger partial charge on any atom is 0.0705 e. The number of aromatic nitrogens is 1. The van der Waals surface area contributed by atoms with Crippen molar-refractivity contribution in [1.29, 1.82) is 0 Å². The van der Waals surface area contributed by atoms with Gasteiger partial charge in [-0.2, -0.15) is 0 Å². The standard InChI is InChI=1S/C22H31N/c1-4-6-8-10-16-22-20(18(3)13-9-7-5-2)17-19-14-11-12-15-21(19)23-22/h11-12,14-15,17H,3-10,13,16H2,1-2H3. The SMILES string of the molecule is C=C(CCCCC)c1cc2ccccc2nc1CCCCCC. The summed E-state index contributed by atoms with van der Waals surface area (Å²) in [5.41, 5.74) is 4.93. The lowest BCUT2D eigenvalue weighted by molar-refractivity contribution is 0.660. The van der Waals surface area contributed by atoms with Gasteiger partial charge in [0, 0.05) is 11.1 Å². The first-order valence-electron chi connectivity index (χ1n) is 9.33. The second kappa shape index (κ2) is 9.50. The van der Waals surface area contributed by atoms with Crippen LogP contribution in [0.3, 0.4) is 0 Å². The normalized spacial score (nSPS) is 11.0. The Balaban J connectivity index is 2.21. The lowest BCUT2D eigenvalue weighted by Gasteiger charge is -2.13. The monoisotopic (exact) mass is 309 g/mol. The minimum absolute atomic E-state index is 1.08. The van der Waals surface area contributed by atoms with Gasteiger partial charge in [0.2, 0.25) is 0 Å². The minimum atomic E-state index is 1.08. The van der Waals surface area contributed by atoms with Crippen LogP contribution in [0.1, 0.15) is 76.5 Å². The van der Waals surface area contributed by atoms with E-state index in [-0.39, 0.29) is 0 Å². The van der Waals surface area contributed by atoms with Gasteiger partial charge in [-0.1, -0.05) is 70.7 Å². The fourth-order valence-corrected chi connectivity index (χ4v) is 3.09. The molecule has 0 radical (unpaired) electrons. The molecule has 1 heteroatoms. The zero-order valence-electron chi connectivity index (χ0n) is 14.9. The van der Waals surface area contributed by atoms with Crippen molar-refractivity contribution in [3.05, 3.63) is 48.2 Å². The smallest absolute Gasteiger partial charge is 0.0705 e. The number of pyridine rings is 1. The fourth-order valence-electron chi connectivity index (χ4n) is 3.09. The molecule has 0 unspecified atom stereocenters. The second-order valence-corrected chi connectivity index (χ2v) is 6.55. The number of fused-ring (bicyclic) bond motifs is 1. The Morgan fingerprint density at radius 1 is 0.957 bits per heavy atom. The fraction of sp³-hybridized carbons (Fsp3) is 0.500. The van der Waals surface area contributed by atoms with E-state index in [2.05, 4.69) is 50.8 Å². The minimum Gasteiger partial charge on any atom is -0.252 e. The first kappa shape index (κ1) is 17.7. The van der Waals surface area contributed by atoms with Crippen LogP contribution in [-0.2, 0) is 6.42 Å². The molecule has 0 aliphatic rings. The van der Waals surface area contributed by atoms with E-state index >= 15 is 0 Å². The van der Waals surface area contributed by atoms with Crippen molar-refractivity contribution >= 4 is 16.5 Å². The van der Waals surface area contributed by atoms with Crippen molar-refractivity contribution < 1.29 is 0 Å². The Morgan fingerprint density at radius 3 is 2.48 bits per heavy atom. The van der Waals surface area contributed by atoms with Crippen LogP contribution < -0.4 is 0 Å². The summed E-state index contributed by atoms with van der Waals surface area (Å²) in [6, 6.07) is 10.8. The van der Waals surface area contributed by atoms with Crippen molar-refractivity contribution in [3.63, 3.8) is 0 Å². The van der Waals surface area contributed by atoms with Gasteiger partial charge in [0.15, 0.2) is 0 Å². The number of hydrogen-bond acceptors (Lipinski definition) is 1. The number of nitrogens with zero attached hydrogens (tertiary/aromatic N) is 1. The molecule has 1 aromatic heterocycles. The van der Waals surface area contributed by atoms with Gasteiger partial charge in [0.1, 0.15) is 0 Å². The molecular formula is C22H31N. The molecule has 1 aromatic carbocycles. The predicted molar refractivity (Wildman–Crippen MR) is 103 cm³/mol. The van der Waals surface area contributed by atoms with Crippen molar-refractivity contribution in [3.8, 4) is 0 Å². The molecule has 0 spiro atoms. The molecule has 23 heavy (non-hydrogen) atoms. The summed E-state index contributed by atoms with van der Waals surface area (Å²) >= 11 is 0. The Kier molecular flexibility index (Phi) is 7.32. The third-order valence-corrected chi connectivity index (χ3v) is 4.53. The van der Waals surface area contributed by atoms with Gasteiger partial charge < -0.3 is 0 Å². The summed E-state index contributed by atoms with van der Waals surface area (Å²) in [4.78, 5) is 4.96. The maximum absolute atomic E-state index is 4.96. The number of allylic oxidation sites excluding steroid dienone is 1. The van der Waals surface area contributed by atoms with E-state index in [1.165, 1.54) is 67.2 Å². The van der Waals surface area contributed by atoms with Crippen LogP contribution in [0.15, 0.2) is 36.9 Å². The highest BCUT2D eigenvalue weighted by atomic mass is 14.7. The van der Waals surface area contributed by atoms with E-state index in [0.717, 1.165) is 18.4 Å². The average molecular weight is 309 g/mol. The van der Waals surface area contributed by atoms with E-state index in [1.54, 1.807) is 0 Å². The molecule has 1 heterocycles. The molecule has 0 amide bonds. The Morgan fingerprint density at radius 2 is 1.70 bits per heavy atom. The van der Waals surface area contributed by atoms with Crippen LogP contribution in [0.5, 0.6) is 0 Å². The van der Waals surface area contributed by atoms with Crippen molar-refractivity contribution in [2.75, 3.05) is 0 Å². The topological polar surface area (TPSA) is 12.9 Å². The van der Waals surface area contributed by atoms with Gasteiger partial charge in [-0.25, -0.2) is 0 Å². The molecule has 0 aliphatic heterocycles. The molecule has 0 saturated carbocycles. The summed E-state index contributed by atoms with van der Waals surface area (Å²) in [7, 11) is 0. The Hall–Kier alpha value is -1.63. The second-order valence-electron chi connectivity index (χ2n) is 6.55. The number of para-hydroxylation sites is 1. The number of aryl methyl sites for hydroxylation is 1. The van der Waals surface area contributed by atoms with E-state index in [9.17, 15) is 0 Å². The van der Waals surface area contributed by atoms with E-state index in [1.807, 2.05) is 0 Å². The number of benzene rings is 1. The molecule has 124 valence electrons. The van der Waals surface area contributed by atoms with Crippen LogP contribution in [-0.4, -0.2) is 4.98 Å². The third-order valence-electron chi connectivity index (χ3n) is 4.53. The maximum atomic E-state index is 4.96. The largest absolute Gasteiger partial charge is 0.252 e. The van der Waals surface area contributed by atoms with E-state index < -0.39 is 0 Å². The number of unbranched alkanes of at least 4 members (excludes halogenated alkanes) is 5. The number of hydrogen-bond donors (Lipinski definition) is 0. The Bertz CT molecular complexity index is 627. The predicted octanol–water partition coefficient (Wildman–Crippen LogP) is 6.95. The lowest BCUT2D eigenvalue weighted by Crippen LogP contribution is -1.99. The lowest BCUT2D eigenvalue weighted by atomic mass is 9.95. The summed E-state index contributed by atoms with van der Waals surface area (Å²) < 4.78 is 0. The summed E-state index contributed by atoms with van der Waals surface area (Å²) in [6.45, 7) is 8.88. The zero-order valence-corrected chi connectivity index (χ0v) is 14.9. The van der Waals surface area contributed by atoms with Crippen molar-refractivity contribution in [1.82, 2.24) is 4.98 Å². The summed E-state index contributed by atoms with van der Waals surface area (Å²) in [5.74, 6) is 0. The zero-order chi connectivity index (χ0) is 16.5. The van der Waals surface area contributed by atoms with E-state index in [0.29, 0.717) is 0 Å². The first-order valence-corrected chi connectivity index (χ1v) is 9.33. The van der Waals surface area contributed by atoms with Gasteiger partial charge in [-0.3, -0.25) is 4.98 Å². The third kappa shape index (κ3) is 5.20. The number of rotatable bonds is 10. The molecule has 0 saturated heterocycles. The van der Waals surface area contributed by atoms with Crippen molar-refractivity contribution in [2.24, 2.45) is 0 Å². The average Bonchev–Trinajstić information content (AvgIpc) is 2.58. The van der Waals surface area contributed by atoms with Crippen LogP contribution in [0.25, 0.3) is 16.5 Å². The van der Waals surface area contributed by atoms with Crippen LogP contribution in [0.2, 0.25) is 0 Å². The quantitative estimate of drug-likeness (QED) is 0.433. The van der Waals surface area contributed by atoms with Crippen LogP contribution >= 0.6 is 0 Å². The molecule has 1 nitrogen and oxygen atoms in total. The highest BCUT2D eigenvalue weighted by Crippen LogP contribution is 2.27. The van der Waals surface area contributed by atoms with Crippen molar-refractivity contribution in [2.45, 2.75) is 71.6 Å². The molecule has 2 aromatic rings. The first-order chi connectivity index (χ1) is 11.3. The van der Waals surface area contributed by atoms with Gasteiger partial charge in [0.25, 0.3) is 0 Å². The molecule has 0 bridgehead atoms. The van der Waals surface area contributed by atoms with Gasteiger partial charge in [-0.15, -0.1) is 0 Å². The molecular weight excluding hydrogens is 278 g/mol. The van der Waals surface area contributed by atoms with Gasteiger partial charge in [-0.05, 0) is 49.0 Å². The van der Waals surface area contributed by atoms with E-state index in [4.69, 9.17) is 4.98 Å². The summed E-state index contributed by atoms with van der Waals surface area (Å²) in [5, 5.41) is 1.23. The van der Waals surface area contributed by atoms with Gasteiger partial charge in [0.05, 0.1) is 5.52 Å². The molecule has 0 atom stereocenters. The molecule has 0 aliphatic carbocycles. The molecule has 0 fully saturated rings.